The second-order valence-electron chi connectivity index (χ2n) is 3.98. The Morgan fingerprint density at radius 2 is 2.16 bits per heavy atom. The maximum absolute atomic E-state index is 11.9. The summed E-state index contributed by atoms with van der Waals surface area (Å²) in [4.78, 5) is 10.5. The minimum absolute atomic E-state index is 0.0633. The number of hydrogen-bond acceptors (Lipinski definition) is 4. The van der Waals surface area contributed by atoms with Crippen LogP contribution in [0.15, 0.2) is 29.2 Å². The quantitative estimate of drug-likeness (QED) is 0.695. The Bertz CT molecular complexity index is 527. The van der Waals surface area contributed by atoms with E-state index in [0.29, 0.717) is 6.61 Å². The molecule has 0 aliphatic carbocycles. The van der Waals surface area contributed by atoms with E-state index in [2.05, 4.69) is 4.72 Å². The largest absolute Gasteiger partial charge is 0.481 e. The van der Waals surface area contributed by atoms with Crippen molar-refractivity contribution in [3.8, 4) is 0 Å². The minimum Gasteiger partial charge on any atom is -0.481 e. The van der Waals surface area contributed by atoms with Crippen LogP contribution in [0.5, 0.6) is 0 Å². The number of carbonyl (C=O) groups is 1. The van der Waals surface area contributed by atoms with Crippen LogP contribution in [0.2, 0.25) is 0 Å². The van der Waals surface area contributed by atoms with Crippen LogP contribution in [0, 0.1) is 0 Å². The van der Waals surface area contributed by atoms with Crippen LogP contribution >= 0.6 is 0 Å². The van der Waals surface area contributed by atoms with E-state index in [0.717, 1.165) is 5.56 Å². The molecular formula is C12H17NO5S. The molecule has 7 heteroatoms. The Kier molecular flexibility index (Phi) is 5.94. The zero-order chi connectivity index (χ0) is 14.3. The van der Waals surface area contributed by atoms with Gasteiger partial charge in [0.1, 0.15) is 0 Å². The van der Waals surface area contributed by atoms with E-state index in [1.165, 1.54) is 19.2 Å². The van der Waals surface area contributed by atoms with E-state index in [4.69, 9.17) is 9.84 Å². The summed E-state index contributed by atoms with van der Waals surface area (Å²) in [5.74, 6) is -0.943. The van der Waals surface area contributed by atoms with Gasteiger partial charge in [0.05, 0.1) is 11.5 Å². The van der Waals surface area contributed by atoms with Gasteiger partial charge in [-0.2, -0.15) is 0 Å². The summed E-state index contributed by atoms with van der Waals surface area (Å²) in [6.07, 6.45) is 0.193. The summed E-state index contributed by atoms with van der Waals surface area (Å²) in [5, 5.41) is 8.46. The molecule has 106 valence electrons. The Hall–Kier alpha value is -1.44. The first-order valence-corrected chi connectivity index (χ1v) is 7.23. The van der Waals surface area contributed by atoms with Gasteiger partial charge in [0.25, 0.3) is 0 Å². The van der Waals surface area contributed by atoms with Gasteiger partial charge in [-0.25, -0.2) is 13.1 Å². The van der Waals surface area contributed by atoms with E-state index < -0.39 is 16.0 Å². The number of carboxylic acids is 1. The van der Waals surface area contributed by atoms with Crippen LogP contribution in [0.1, 0.15) is 18.4 Å². The predicted molar refractivity (Wildman–Crippen MR) is 69.2 cm³/mol. The Labute approximate surface area is 112 Å². The highest BCUT2D eigenvalue weighted by atomic mass is 32.2. The maximum Gasteiger partial charge on any atom is 0.303 e. The molecule has 1 aromatic carbocycles. The molecule has 0 amide bonds. The fourth-order valence-electron chi connectivity index (χ4n) is 1.50. The molecule has 0 saturated heterocycles. The molecule has 1 aromatic rings. The lowest BCUT2D eigenvalue weighted by Crippen LogP contribution is -2.25. The third kappa shape index (κ3) is 5.37. The molecule has 1 rings (SSSR count). The van der Waals surface area contributed by atoms with Crippen molar-refractivity contribution in [2.75, 3.05) is 13.7 Å². The highest BCUT2D eigenvalue weighted by Gasteiger charge is 2.13. The number of nitrogens with one attached hydrogen (secondary N) is 1. The van der Waals surface area contributed by atoms with Gasteiger partial charge in [-0.3, -0.25) is 4.79 Å². The fraction of sp³-hybridized carbons (Fsp3) is 0.417. The standard InChI is InChI=1S/C12H17NO5S/c1-18-9-10-4-2-5-11(8-10)19(16,17)13-7-3-6-12(14)15/h2,4-5,8,13H,3,6-7,9H2,1H3,(H,14,15). The summed E-state index contributed by atoms with van der Waals surface area (Å²) >= 11 is 0. The fourth-order valence-corrected chi connectivity index (χ4v) is 2.64. The average Bonchev–Trinajstić information content (AvgIpc) is 2.35. The van der Waals surface area contributed by atoms with Gasteiger partial charge in [0, 0.05) is 20.1 Å². The van der Waals surface area contributed by atoms with Crippen LogP contribution in [0.25, 0.3) is 0 Å². The lowest BCUT2D eigenvalue weighted by Gasteiger charge is -2.07. The molecule has 0 spiro atoms. The van der Waals surface area contributed by atoms with Gasteiger partial charge in [-0.05, 0) is 24.1 Å². The minimum atomic E-state index is -3.60. The van der Waals surface area contributed by atoms with Gasteiger partial charge < -0.3 is 9.84 Å². The number of carboxylic acid groups (broad SMARTS) is 1. The highest BCUT2D eigenvalue weighted by Crippen LogP contribution is 2.12. The topological polar surface area (TPSA) is 92.7 Å². The molecule has 0 atom stereocenters. The van der Waals surface area contributed by atoms with Gasteiger partial charge in [-0.1, -0.05) is 12.1 Å². The molecule has 19 heavy (non-hydrogen) atoms. The van der Waals surface area contributed by atoms with Crippen molar-refractivity contribution in [3.05, 3.63) is 29.8 Å². The molecule has 0 heterocycles. The van der Waals surface area contributed by atoms with Crippen LogP contribution < -0.4 is 4.72 Å². The van der Waals surface area contributed by atoms with Crippen LogP contribution in [0.4, 0.5) is 0 Å². The Morgan fingerprint density at radius 1 is 1.42 bits per heavy atom. The number of aliphatic carboxylic acids is 1. The maximum atomic E-state index is 11.9. The second kappa shape index (κ2) is 7.22. The molecule has 0 bridgehead atoms. The van der Waals surface area contributed by atoms with Crippen molar-refractivity contribution in [2.45, 2.75) is 24.3 Å². The van der Waals surface area contributed by atoms with Crippen LogP contribution in [-0.2, 0) is 26.2 Å². The monoisotopic (exact) mass is 287 g/mol. The first-order chi connectivity index (χ1) is 8.95. The lowest BCUT2D eigenvalue weighted by molar-refractivity contribution is -0.137. The first kappa shape index (κ1) is 15.6. The first-order valence-electron chi connectivity index (χ1n) is 5.75. The number of methoxy groups -OCH3 is 1. The number of hydrogen-bond donors (Lipinski definition) is 2. The summed E-state index contributed by atoms with van der Waals surface area (Å²) in [5.41, 5.74) is 0.760. The average molecular weight is 287 g/mol. The summed E-state index contributed by atoms with van der Waals surface area (Å²) in [7, 11) is -2.06. The van der Waals surface area contributed by atoms with Crippen molar-refractivity contribution in [2.24, 2.45) is 0 Å². The third-order valence-corrected chi connectivity index (χ3v) is 3.84. The van der Waals surface area contributed by atoms with Crippen LogP contribution in [0.3, 0.4) is 0 Å². The number of benzene rings is 1. The molecule has 0 fully saturated rings. The predicted octanol–water partition coefficient (Wildman–Crippen LogP) is 0.976. The molecule has 2 N–H and O–H groups in total. The van der Waals surface area contributed by atoms with Crippen molar-refractivity contribution in [1.82, 2.24) is 4.72 Å². The smallest absolute Gasteiger partial charge is 0.303 e. The van der Waals surface area contributed by atoms with E-state index >= 15 is 0 Å². The van der Waals surface area contributed by atoms with Crippen molar-refractivity contribution in [1.29, 1.82) is 0 Å². The highest BCUT2D eigenvalue weighted by molar-refractivity contribution is 7.89. The van der Waals surface area contributed by atoms with Crippen molar-refractivity contribution >= 4 is 16.0 Å². The molecule has 0 aliphatic heterocycles. The molecule has 0 aliphatic rings. The van der Waals surface area contributed by atoms with Gasteiger partial charge in [-0.15, -0.1) is 0 Å². The van der Waals surface area contributed by atoms with Gasteiger partial charge in [0.15, 0.2) is 0 Å². The summed E-state index contributed by atoms with van der Waals surface area (Å²) in [6.45, 7) is 0.436. The summed E-state index contributed by atoms with van der Waals surface area (Å²) < 4.78 is 31.2. The van der Waals surface area contributed by atoms with E-state index in [-0.39, 0.29) is 24.3 Å². The zero-order valence-electron chi connectivity index (χ0n) is 10.6. The number of rotatable bonds is 8. The number of sulfonamides is 1. The normalized spacial score (nSPS) is 11.4. The van der Waals surface area contributed by atoms with Crippen molar-refractivity contribution in [3.63, 3.8) is 0 Å². The summed E-state index contributed by atoms with van der Waals surface area (Å²) in [6, 6.07) is 6.43. The zero-order valence-corrected chi connectivity index (χ0v) is 11.4. The van der Waals surface area contributed by atoms with Crippen molar-refractivity contribution < 1.29 is 23.1 Å². The molecular weight excluding hydrogens is 270 g/mol. The van der Waals surface area contributed by atoms with Crippen LogP contribution in [-0.4, -0.2) is 33.1 Å². The van der Waals surface area contributed by atoms with E-state index in [1.807, 2.05) is 0 Å². The third-order valence-electron chi connectivity index (χ3n) is 2.38. The molecule has 0 aromatic heterocycles. The van der Waals surface area contributed by atoms with Gasteiger partial charge in [0.2, 0.25) is 10.0 Å². The van der Waals surface area contributed by atoms with E-state index in [9.17, 15) is 13.2 Å². The SMILES string of the molecule is COCc1cccc(S(=O)(=O)NCCCC(=O)O)c1. The molecule has 0 radical (unpaired) electrons. The Morgan fingerprint density at radius 3 is 2.79 bits per heavy atom. The van der Waals surface area contributed by atoms with E-state index in [1.54, 1.807) is 12.1 Å². The number of ether oxygens (including phenoxy) is 1. The Balaban J connectivity index is 2.66. The molecule has 0 saturated carbocycles. The lowest BCUT2D eigenvalue weighted by atomic mass is 10.2. The second-order valence-corrected chi connectivity index (χ2v) is 5.74. The molecule has 6 nitrogen and oxygen atoms in total. The molecule has 0 unspecified atom stereocenters. The van der Waals surface area contributed by atoms with Gasteiger partial charge >= 0.3 is 5.97 Å².